The summed E-state index contributed by atoms with van der Waals surface area (Å²) in [4.78, 5) is 38.2. The molecule has 0 saturated carbocycles. The number of ketones is 1. The molecule has 34 heavy (non-hydrogen) atoms. The third-order valence-electron chi connectivity index (χ3n) is 5.04. The first-order chi connectivity index (χ1) is 16.4. The monoisotopic (exact) mass is 481 g/mol. The fourth-order valence-corrected chi connectivity index (χ4v) is 3.41. The van der Waals surface area contributed by atoms with Crippen LogP contribution < -0.4 is 14.8 Å². The third-order valence-corrected chi connectivity index (χ3v) is 5.36. The first-order valence-corrected chi connectivity index (χ1v) is 10.9. The maximum Gasteiger partial charge on any atom is 0.343 e. The summed E-state index contributed by atoms with van der Waals surface area (Å²) in [7, 11) is 2.91. The highest BCUT2D eigenvalue weighted by molar-refractivity contribution is 6.34. The minimum absolute atomic E-state index is 0.0189. The SMILES string of the molecule is CCC(=O)Nc1cc(OC)c(C(=O)O[C@H](C(=O)c2ccc(OC)cc2)c2ccccc2)cc1Cl. The molecule has 3 rings (SSSR count). The molecule has 0 radical (unpaired) electrons. The van der Waals surface area contributed by atoms with E-state index in [2.05, 4.69) is 5.32 Å². The average Bonchev–Trinajstić information content (AvgIpc) is 2.88. The van der Waals surface area contributed by atoms with Gasteiger partial charge in [0.05, 0.1) is 24.9 Å². The Kier molecular flexibility index (Phi) is 8.27. The normalized spacial score (nSPS) is 11.3. The van der Waals surface area contributed by atoms with E-state index < -0.39 is 17.9 Å². The molecule has 3 aromatic rings. The largest absolute Gasteiger partial charge is 0.497 e. The maximum atomic E-state index is 13.3. The lowest BCUT2D eigenvalue weighted by Crippen LogP contribution is -2.21. The molecule has 0 heterocycles. The predicted molar refractivity (Wildman–Crippen MR) is 129 cm³/mol. The number of halogens is 1. The molecule has 1 atom stereocenters. The number of benzene rings is 3. The molecule has 0 unspecified atom stereocenters. The molecule has 1 amide bonds. The summed E-state index contributed by atoms with van der Waals surface area (Å²) in [6.45, 7) is 1.70. The Balaban J connectivity index is 1.95. The molecular weight excluding hydrogens is 458 g/mol. The molecular formula is C26H24ClNO6. The standard InChI is InChI=1S/C26H24ClNO6/c1-4-23(29)28-21-15-22(33-3)19(14-20(21)27)26(31)34-25(17-8-6-5-7-9-17)24(30)16-10-12-18(32-2)13-11-16/h5-15,25H,4H2,1-3H3,(H,28,29)/t25-/m0/s1. The van der Waals surface area contributed by atoms with E-state index in [4.69, 9.17) is 25.8 Å². The van der Waals surface area contributed by atoms with Crippen LogP contribution in [0.25, 0.3) is 0 Å². The Morgan fingerprint density at radius 1 is 0.941 bits per heavy atom. The van der Waals surface area contributed by atoms with E-state index >= 15 is 0 Å². The van der Waals surface area contributed by atoms with Crippen LogP contribution >= 0.6 is 11.6 Å². The van der Waals surface area contributed by atoms with Crippen LogP contribution in [0.5, 0.6) is 11.5 Å². The third kappa shape index (κ3) is 5.74. The number of carbonyl (C=O) groups excluding carboxylic acids is 3. The number of amides is 1. The highest BCUT2D eigenvalue weighted by Crippen LogP contribution is 2.33. The van der Waals surface area contributed by atoms with Crippen molar-refractivity contribution in [2.75, 3.05) is 19.5 Å². The predicted octanol–water partition coefficient (Wildman–Crippen LogP) is 5.49. The summed E-state index contributed by atoms with van der Waals surface area (Å²) in [5, 5.41) is 2.78. The molecule has 3 aromatic carbocycles. The quantitative estimate of drug-likeness (QED) is 0.321. The van der Waals surface area contributed by atoms with Crippen LogP contribution in [0.1, 0.15) is 45.7 Å². The second kappa shape index (κ2) is 11.3. The fourth-order valence-electron chi connectivity index (χ4n) is 3.19. The number of nitrogens with one attached hydrogen (secondary N) is 1. The smallest absolute Gasteiger partial charge is 0.343 e. The van der Waals surface area contributed by atoms with Crippen LogP contribution in [0.3, 0.4) is 0 Å². The van der Waals surface area contributed by atoms with Crippen LogP contribution in [-0.4, -0.2) is 31.9 Å². The maximum absolute atomic E-state index is 13.3. The molecule has 176 valence electrons. The van der Waals surface area contributed by atoms with E-state index in [1.165, 1.54) is 26.4 Å². The van der Waals surface area contributed by atoms with Gasteiger partial charge in [0.25, 0.3) is 0 Å². The first-order valence-electron chi connectivity index (χ1n) is 10.5. The zero-order chi connectivity index (χ0) is 24.7. The van der Waals surface area contributed by atoms with Gasteiger partial charge in [-0.15, -0.1) is 0 Å². The Bertz CT molecular complexity index is 1180. The van der Waals surface area contributed by atoms with Crippen molar-refractivity contribution in [3.05, 3.63) is 88.4 Å². The van der Waals surface area contributed by atoms with E-state index in [9.17, 15) is 14.4 Å². The van der Waals surface area contributed by atoms with E-state index in [-0.39, 0.29) is 28.7 Å². The van der Waals surface area contributed by atoms with E-state index in [1.807, 2.05) is 0 Å². The van der Waals surface area contributed by atoms with Gasteiger partial charge in [0.2, 0.25) is 11.7 Å². The van der Waals surface area contributed by atoms with Crippen LogP contribution in [0.2, 0.25) is 5.02 Å². The molecule has 8 heteroatoms. The number of ether oxygens (including phenoxy) is 3. The van der Waals surface area contributed by atoms with Gasteiger partial charge < -0.3 is 19.5 Å². The van der Waals surface area contributed by atoms with Gasteiger partial charge >= 0.3 is 5.97 Å². The van der Waals surface area contributed by atoms with Gasteiger partial charge in [-0.25, -0.2) is 4.79 Å². The first kappa shape index (κ1) is 24.8. The number of carbonyl (C=O) groups is 3. The van der Waals surface area contributed by atoms with Crippen LogP contribution in [-0.2, 0) is 9.53 Å². The molecule has 0 bridgehead atoms. The Morgan fingerprint density at radius 3 is 2.21 bits per heavy atom. The lowest BCUT2D eigenvalue weighted by Gasteiger charge is -2.19. The van der Waals surface area contributed by atoms with Crippen molar-refractivity contribution in [2.45, 2.75) is 19.4 Å². The number of rotatable bonds is 9. The average molecular weight is 482 g/mol. The van der Waals surface area contributed by atoms with Crippen molar-refractivity contribution in [1.29, 1.82) is 0 Å². The molecule has 0 saturated heterocycles. The van der Waals surface area contributed by atoms with Crippen LogP contribution in [0.15, 0.2) is 66.7 Å². The van der Waals surface area contributed by atoms with Gasteiger partial charge in [0.15, 0.2) is 6.10 Å². The topological polar surface area (TPSA) is 90.9 Å². The Hall–Kier alpha value is -3.84. The zero-order valence-electron chi connectivity index (χ0n) is 19.0. The Morgan fingerprint density at radius 2 is 1.62 bits per heavy atom. The Labute approximate surface area is 202 Å². The van der Waals surface area contributed by atoms with E-state index in [0.717, 1.165) is 0 Å². The summed E-state index contributed by atoms with van der Waals surface area (Å²) < 4.78 is 16.2. The van der Waals surface area contributed by atoms with Crippen molar-refractivity contribution in [3.8, 4) is 11.5 Å². The number of anilines is 1. The minimum Gasteiger partial charge on any atom is -0.497 e. The number of esters is 1. The van der Waals surface area contributed by atoms with Gasteiger partial charge in [-0.05, 0) is 30.3 Å². The molecule has 0 fully saturated rings. The molecule has 0 aromatic heterocycles. The van der Waals surface area contributed by atoms with Gasteiger partial charge in [0, 0.05) is 23.6 Å². The van der Waals surface area contributed by atoms with Gasteiger partial charge in [-0.2, -0.15) is 0 Å². The summed E-state index contributed by atoms with van der Waals surface area (Å²) in [6.07, 6.45) is -0.945. The lowest BCUT2D eigenvalue weighted by atomic mass is 9.99. The van der Waals surface area contributed by atoms with Crippen molar-refractivity contribution >= 4 is 34.9 Å². The van der Waals surface area contributed by atoms with E-state index in [0.29, 0.717) is 22.6 Å². The van der Waals surface area contributed by atoms with E-state index in [1.54, 1.807) is 61.5 Å². The van der Waals surface area contributed by atoms with Crippen LogP contribution in [0, 0.1) is 0 Å². The molecule has 1 N–H and O–H groups in total. The highest BCUT2D eigenvalue weighted by Gasteiger charge is 2.28. The second-order valence-electron chi connectivity index (χ2n) is 7.22. The van der Waals surface area contributed by atoms with Crippen molar-refractivity contribution in [3.63, 3.8) is 0 Å². The minimum atomic E-state index is -1.20. The zero-order valence-corrected chi connectivity index (χ0v) is 19.7. The van der Waals surface area contributed by atoms with Gasteiger partial charge in [0.1, 0.15) is 17.1 Å². The van der Waals surface area contributed by atoms with Crippen LogP contribution in [0.4, 0.5) is 5.69 Å². The molecule has 0 spiro atoms. The number of hydrogen-bond donors (Lipinski definition) is 1. The summed E-state index contributed by atoms with van der Waals surface area (Å²) >= 11 is 6.29. The lowest BCUT2D eigenvalue weighted by molar-refractivity contribution is -0.115. The molecule has 0 aliphatic carbocycles. The summed E-state index contributed by atoms with van der Waals surface area (Å²) in [5.41, 5.74) is 1.18. The highest BCUT2D eigenvalue weighted by atomic mass is 35.5. The molecule has 0 aliphatic heterocycles. The van der Waals surface area contributed by atoms with Gasteiger partial charge in [-0.3, -0.25) is 9.59 Å². The number of Topliss-reactive ketones (excluding diaryl/α,β-unsaturated/α-hetero) is 1. The summed E-state index contributed by atoms with van der Waals surface area (Å²) in [5.74, 6) is -0.709. The fraction of sp³-hybridized carbons (Fsp3) is 0.192. The number of methoxy groups -OCH3 is 2. The molecule has 7 nitrogen and oxygen atoms in total. The van der Waals surface area contributed by atoms with Gasteiger partial charge in [-0.1, -0.05) is 48.9 Å². The second-order valence-corrected chi connectivity index (χ2v) is 7.63. The van der Waals surface area contributed by atoms with Crippen molar-refractivity contribution in [1.82, 2.24) is 0 Å². The summed E-state index contributed by atoms with van der Waals surface area (Å²) in [6, 6.07) is 18.0. The van der Waals surface area contributed by atoms with Crippen molar-refractivity contribution in [2.24, 2.45) is 0 Å². The molecule has 0 aliphatic rings. The van der Waals surface area contributed by atoms with Crippen molar-refractivity contribution < 1.29 is 28.6 Å². The number of hydrogen-bond acceptors (Lipinski definition) is 6.